The van der Waals surface area contributed by atoms with E-state index in [0.717, 1.165) is 0 Å². The van der Waals surface area contributed by atoms with Crippen LogP contribution in [0.3, 0.4) is 0 Å². The molecule has 1 aliphatic rings. The number of hydrogen-bond donors (Lipinski definition) is 1. The standard InChI is InChI=1S/C13H17N5O3S/c1-2-16-22(20,21)10-4-7-17(9-10)13(19)11-8-15-18-6-3-5-14-12(11)18/h3,5-6,8,10,16H,2,4,7,9H2,1H3. The molecule has 0 aromatic carbocycles. The first-order valence-corrected chi connectivity index (χ1v) is 8.63. The van der Waals surface area contributed by atoms with Gasteiger partial charge in [-0.2, -0.15) is 5.10 Å². The number of aromatic nitrogens is 3. The molecule has 1 fully saturated rings. The maximum Gasteiger partial charge on any atom is 0.259 e. The number of likely N-dealkylation sites (tertiary alicyclic amines) is 1. The van der Waals surface area contributed by atoms with Gasteiger partial charge in [0.1, 0.15) is 5.56 Å². The van der Waals surface area contributed by atoms with E-state index in [1.165, 1.54) is 10.7 Å². The number of hydrogen-bond acceptors (Lipinski definition) is 5. The Morgan fingerprint density at radius 2 is 2.32 bits per heavy atom. The lowest BCUT2D eigenvalue weighted by Gasteiger charge is -2.16. The van der Waals surface area contributed by atoms with Gasteiger partial charge in [0, 0.05) is 32.0 Å². The molecule has 22 heavy (non-hydrogen) atoms. The molecule has 118 valence electrons. The summed E-state index contributed by atoms with van der Waals surface area (Å²) in [6.45, 7) is 2.70. The van der Waals surface area contributed by atoms with Crippen molar-refractivity contribution in [1.29, 1.82) is 0 Å². The molecule has 1 unspecified atom stereocenters. The van der Waals surface area contributed by atoms with Gasteiger partial charge in [0.2, 0.25) is 10.0 Å². The molecule has 1 N–H and O–H groups in total. The van der Waals surface area contributed by atoms with E-state index >= 15 is 0 Å². The van der Waals surface area contributed by atoms with Gasteiger partial charge < -0.3 is 4.90 Å². The van der Waals surface area contributed by atoms with E-state index in [1.54, 1.807) is 30.3 Å². The highest BCUT2D eigenvalue weighted by atomic mass is 32.2. The van der Waals surface area contributed by atoms with Crippen LogP contribution in [0, 0.1) is 0 Å². The molecule has 0 aliphatic carbocycles. The van der Waals surface area contributed by atoms with Crippen molar-refractivity contribution >= 4 is 21.6 Å². The maximum absolute atomic E-state index is 12.6. The smallest absolute Gasteiger partial charge is 0.259 e. The average Bonchev–Trinajstić information content (AvgIpc) is 3.14. The second-order valence-corrected chi connectivity index (χ2v) is 7.20. The molecular formula is C13H17N5O3S. The van der Waals surface area contributed by atoms with Gasteiger partial charge in [-0.1, -0.05) is 6.92 Å². The first-order chi connectivity index (χ1) is 10.5. The summed E-state index contributed by atoms with van der Waals surface area (Å²) in [5, 5.41) is 3.52. The lowest BCUT2D eigenvalue weighted by Crippen LogP contribution is -2.37. The van der Waals surface area contributed by atoms with Crippen molar-refractivity contribution in [2.24, 2.45) is 0 Å². The summed E-state index contributed by atoms with van der Waals surface area (Å²) in [6.07, 6.45) is 5.21. The van der Waals surface area contributed by atoms with Crippen molar-refractivity contribution in [3.8, 4) is 0 Å². The van der Waals surface area contributed by atoms with E-state index in [-0.39, 0.29) is 12.5 Å². The highest BCUT2D eigenvalue weighted by molar-refractivity contribution is 7.90. The molecule has 3 heterocycles. The summed E-state index contributed by atoms with van der Waals surface area (Å²) >= 11 is 0. The Labute approximate surface area is 128 Å². The number of rotatable bonds is 4. The van der Waals surface area contributed by atoms with Crippen LogP contribution < -0.4 is 4.72 Å². The van der Waals surface area contributed by atoms with Crippen molar-refractivity contribution in [2.45, 2.75) is 18.6 Å². The first-order valence-electron chi connectivity index (χ1n) is 7.09. The second kappa shape index (κ2) is 5.65. The van der Waals surface area contributed by atoms with E-state index in [1.807, 2.05) is 0 Å². The molecule has 9 heteroatoms. The van der Waals surface area contributed by atoms with Crippen LogP contribution in [0.15, 0.2) is 24.7 Å². The average molecular weight is 323 g/mol. The van der Waals surface area contributed by atoms with Gasteiger partial charge >= 0.3 is 0 Å². The van der Waals surface area contributed by atoms with Crippen LogP contribution >= 0.6 is 0 Å². The Bertz CT molecular complexity index is 801. The van der Waals surface area contributed by atoms with E-state index in [9.17, 15) is 13.2 Å². The summed E-state index contributed by atoms with van der Waals surface area (Å²) in [5.74, 6) is -0.233. The third-order valence-corrected chi connectivity index (χ3v) is 5.68. The third kappa shape index (κ3) is 2.57. The lowest BCUT2D eigenvalue weighted by atomic mass is 10.3. The van der Waals surface area contributed by atoms with Crippen LogP contribution in [-0.4, -0.2) is 58.7 Å². The number of nitrogens with one attached hydrogen (secondary N) is 1. The number of sulfonamides is 1. The maximum atomic E-state index is 12.6. The molecule has 0 spiro atoms. The zero-order chi connectivity index (χ0) is 15.7. The molecular weight excluding hydrogens is 306 g/mol. The van der Waals surface area contributed by atoms with Gasteiger partial charge in [-0.05, 0) is 12.5 Å². The van der Waals surface area contributed by atoms with Gasteiger partial charge in [-0.25, -0.2) is 22.6 Å². The molecule has 8 nitrogen and oxygen atoms in total. The van der Waals surface area contributed by atoms with Crippen LogP contribution in [0.5, 0.6) is 0 Å². The summed E-state index contributed by atoms with van der Waals surface area (Å²) in [6, 6.07) is 1.73. The molecule has 3 rings (SSSR count). The summed E-state index contributed by atoms with van der Waals surface area (Å²) in [5.41, 5.74) is 0.868. The SMILES string of the molecule is CCNS(=O)(=O)C1CCN(C(=O)c2cnn3cccnc23)C1. The normalized spacial score (nSPS) is 19.0. The largest absolute Gasteiger partial charge is 0.337 e. The topological polar surface area (TPSA) is 96.7 Å². The summed E-state index contributed by atoms with van der Waals surface area (Å²) in [7, 11) is -3.37. The molecule has 2 aromatic heterocycles. The number of carbonyl (C=O) groups excluding carboxylic acids is 1. The molecule has 2 aromatic rings. The van der Waals surface area contributed by atoms with E-state index < -0.39 is 15.3 Å². The minimum atomic E-state index is -3.37. The van der Waals surface area contributed by atoms with Crippen molar-refractivity contribution in [1.82, 2.24) is 24.2 Å². The van der Waals surface area contributed by atoms with E-state index in [2.05, 4.69) is 14.8 Å². The molecule has 1 atom stereocenters. The fourth-order valence-electron chi connectivity index (χ4n) is 2.63. The Morgan fingerprint density at radius 3 is 3.09 bits per heavy atom. The quantitative estimate of drug-likeness (QED) is 0.846. The fourth-order valence-corrected chi connectivity index (χ4v) is 4.06. The lowest BCUT2D eigenvalue weighted by molar-refractivity contribution is 0.0795. The highest BCUT2D eigenvalue weighted by Gasteiger charge is 2.35. The Kier molecular flexibility index (Phi) is 3.83. The molecule has 1 amide bonds. The van der Waals surface area contributed by atoms with E-state index in [0.29, 0.717) is 30.7 Å². The zero-order valence-electron chi connectivity index (χ0n) is 12.1. The second-order valence-electron chi connectivity index (χ2n) is 5.15. The van der Waals surface area contributed by atoms with Crippen LogP contribution in [0.4, 0.5) is 0 Å². The first kappa shape index (κ1) is 14.9. The Morgan fingerprint density at radius 1 is 1.50 bits per heavy atom. The van der Waals surface area contributed by atoms with Crippen LogP contribution in [0.2, 0.25) is 0 Å². The zero-order valence-corrected chi connectivity index (χ0v) is 13.0. The molecule has 1 saturated heterocycles. The van der Waals surface area contributed by atoms with Crippen molar-refractivity contribution in [3.05, 3.63) is 30.2 Å². The van der Waals surface area contributed by atoms with Gasteiger partial charge in [-0.15, -0.1) is 0 Å². The summed E-state index contributed by atoms with van der Waals surface area (Å²) in [4.78, 5) is 18.3. The van der Waals surface area contributed by atoms with Gasteiger partial charge in [0.05, 0.1) is 11.4 Å². The molecule has 0 bridgehead atoms. The van der Waals surface area contributed by atoms with Crippen LogP contribution in [-0.2, 0) is 10.0 Å². The predicted molar refractivity (Wildman–Crippen MR) is 79.9 cm³/mol. The number of carbonyl (C=O) groups is 1. The van der Waals surface area contributed by atoms with Crippen LogP contribution in [0.1, 0.15) is 23.7 Å². The number of fused-ring (bicyclic) bond motifs is 1. The monoisotopic (exact) mass is 323 g/mol. The predicted octanol–water partition coefficient (Wildman–Crippen LogP) is -0.117. The number of amides is 1. The molecule has 0 radical (unpaired) electrons. The van der Waals surface area contributed by atoms with Gasteiger partial charge in [-0.3, -0.25) is 4.79 Å². The number of nitrogens with zero attached hydrogens (tertiary/aromatic N) is 4. The van der Waals surface area contributed by atoms with E-state index in [4.69, 9.17) is 0 Å². The summed E-state index contributed by atoms with van der Waals surface area (Å²) < 4.78 is 28.1. The van der Waals surface area contributed by atoms with Gasteiger partial charge in [0.15, 0.2) is 5.65 Å². The minimum Gasteiger partial charge on any atom is -0.337 e. The van der Waals surface area contributed by atoms with Crippen molar-refractivity contribution in [3.63, 3.8) is 0 Å². The Hall–Kier alpha value is -2.00. The van der Waals surface area contributed by atoms with Crippen molar-refractivity contribution < 1.29 is 13.2 Å². The van der Waals surface area contributed by atoms with Crippen LogP contribution in [0.25, 0.3) is 5.65 Å². The third-order valence-electron chi connectivity index (χ3n) is 3.73. The molecule has 0 saturated carbocycles. The molecule has 1 aliphatic heterocycles. The van der Waals surface area contributed by atoms with Gasteiger partial charge in [0.25, 0.3) is 5.91 Å². The minimum absolute atomic E-state index is 0.193. The highest BCUT2D eigenvalue weighted by Crippen LogP contribution is 2.20. The Balaban J connectivity index is 1.80. The fraction of sp³-hybridized carbons (Fsp3) is 0.462. The van der Waals surface area contributed by atoms with Crippen molar-refractivity contribution in [2.75, 3.05) is 19.6 Å².